The number of hydrogen-bond acceptors (Lipinski definition) is 0. The first-order valence-corrected chi connectivity index (χ1v) is 12.3. The predicted octanol–water partition coefficient (Wildman–Crippen LogP) is 0.965. The van der Waals surface area contributed by atoms with Crippen LogP contribution in [-0.2, 0) is 0 Å². The third kappa shape index (κ3) is 2.69. The van der Waals surface area contributed by atoms with Crippen LogP contribution in [-0.4, -0.2) is 26.3 Å². The van der Waals surface area contributed by atoms with Crippen molar-refractivity contribution in [2.45, 2.75) is 0 Å². The second-order valence-electron chi connectivity index (χ2n) is 1.63. The van der Waals surface area contributed by atoms with Gasteiger partial charge >= 0.3 is 87.7 Å². The average molecular weight is 394 g/mol. The molecule has 0 spiro atoms. The maximum atomic E-state index is 3.46. The maximum absolute atomic E-state index is 3.46. The Kier molecular flexibility index (Phi) is 4.63. The zero-order chi connectivity index (χ0) is 7.40. The summed E-state index contributed by atoms with van der Waals surface area (Å²) in [5.74, 6) is 0. The Morgan fingerprint density at radius 2 is 1.10 bits per heavy atom. The van der Waals surface area contributed by atoms with Crippen LogP contribution in [0.25, 0.3) is 0 Å². The van der Waals surface area contributed by atoms with Crippen LogP contribution in [0.1, 0.15) is 0 Å². The first-order valence-electron chi connectivity index (χ1n) is 2.54. The molecule has 0 nitrogen and oxygen atoms in total. The Labute approximate surface area is 86.9 Å². The molecule has 0 N–H and O–H groups in total. The summed E-state index contributed by atoms with van der Waals surface area (Å²) in [6.07, 6.45) is 0. The van der Waals surface area contributed by atoms with E-state index >= 15 is 0 Å². The monoisotopic (exact) mass is 394 g/mol. The van der Waals surface area contributed by atoms with E-state index in [-0.39, 0.29) is 0 Å². The Morgan fingerprint density at radius 3 is 1.30 bits per heavy atom. The third-order valence-electron chi connectivity index (χ3n) is 1.00. The number of hydrogen-bond donors (Lipinski definition) is 0. The second kappa shape index (κ2) is 4.97. The van der Waals surface area contributed by atoms with E-state index < -0.39 is 0 Å². The van der Waals surface area contributed by atoms with Crippen molar-refractivity contribution in [3.05, 3.63) is 24.3 Å². The van der Waals surface area contributed by atoms with Gasteiger partial charge in [-0.15, -0.1) is 0 Å². The summed E-state index contributed by atoms with van der Waals surface area (Å²) in [5, 5.41) is 0. The first kappa shape index (κ1) is 9.31. The average Bonchev–Trinajstić information content (AvgIpc) is 2.05. The van der Waals surface area contributed by atoms with Gasteiger partial charge in [0.2, 0.25) is 0 Å². The Bertz CT molecular complexity index is 174. The van der Waals surface area contributed by atoms with Gasteiger partial charge < -0.3 is 0 Å². The molecule has 0 bridgehead atoms. The third-order valence-corrected chi connectivity index (χ3v) is 6.78. The van der Waals surface area contributed by atoms with E-state index in [9.17, 15) is 0 Å². The van der Waals surface area contributed by atoms with E-state index in [1.807, 2.05) is 0 Å². The van der Waals surface area contributed by atoms with Gasteiger partial charge in [-0.25, -0.2) is 0 Å². The van der Waals surface area contributed by atoms with Gasteiger partial charge in [-0.2, -0.15) is 0 Å². The molecule has 0 fully saturated rings. The molecule has 10 heavy (non-hydrogen) atoms. The molecule has 1 aromatic rings. The SMILES string of the molecule is Br[Se]c1ccc([Se]Br)cc1. The zero-order valence-electron chi connectivity index (χ0n) is 4.88. The molecule has 1 aromatic carbocycles. The molecule has 0 amide bonds. The van der Waals surface area contributed by atoms with Crippen LogP contribution >= 0.6 is 28.2 Å². The molecule has 0 aliphatic heterocycles. The quantitative estimate of drug-likeness (QED) is 0.657. The van der Waals surface area contributed by atoms with Gasteiger partial charge in [0.25, 0.3) is 0 Å². The zero-order valence-corrected chi connectivity index (χ0v) is 11.5. The molecule has 0 radical (unpaired) electrons. The van der Waals surface area contributed by atoms with Crippen molar-refractivity contribution in [3.63, 3.8) is 0 Å². The van der Waals surface area contributed by atoms with E-state index in [2.05, 4.69) is 52.5 Å². The van der Waals surface area contributed by atoms with Crippen LogP contribution in [0.2, 0.25) is 0 Å². The van der Waals surface area contributed by atoms with Crippen molar-refractivity contribution < 1.29 is 0 Å². The Hall–Kier alpha value is 1.22. The molecule has 54 valence electrons. The van der Waals surface area contributed by atoms with Gasteiger partial charge in [0.05, 0.1) is 0 Å². The summed E-state index contributed by atoms with van der Waals surface area (Å²) in [6, 6.07) is 8.69. The molecule has 0 heterocycles. The Balaban J connectivity index is 2.80. The van der Waals surface area contributed by atoms with Crippen LogP contribution in [0.15, 0.2) is 24.3 Å². The minimum absolute atomic E-state index is 0.463. The molecule has 0 atom stereocenters. The molecular formula is C6H4Br2Se2. The van der Waals surface area contributed by atoms with Gasteiger partial charge in [0, 0.05) is 0 Å². The Morgan fingerprint density at radius 1 is 0.800 bits per heavy atom. The fourth-order valence-corrected chi connectivity index (χ4v) is 3.79. The van der Waals surface area contributed by atoms with Crippen molar-refractivity contribution in [2.24, 2.45) is 0 Å². The molecule has 0 aromatic heterocycles. The fourth-order valence-electron chi connectivity index (χ4n) is 0.543. The second-order valence-corrected chi connectivity index (χ2v) is 7.62. The predicted molar refractivity (Wildman–Crippen MR) is 55.1 cm³/mol. The van der Waals surface area contributed by atoms with Crippen molar-refractivity contribution in [2.75, 3.05) is 0 Å². The summed E-state index contributed by atoms with van der Waals surface area (Å²) >= 11 is 7.85. The van der Waals surface area contributed by atoms with Crippen LogP contribution < -0.4 is 8.92 Å². The summed E-state index contributed by atoms with van der Waals surface area (Å²) in [6.45, 7) is 0. The summed E-state index contributed by atoms with van der Waals surface area (Å²) < 4.78 is 2.79. The van der Waals surface area contributed by atoms with Crippen LogP contribution in [0.4, 0.5) is 0 Å². The van der Waals surface area contributed by atoms with Gasteiger partial charge in [-0.05, 0) is 0 Å². The van der Waals surface area contributed by atoms with Gasteiger partial charge in [0.1, 0.15) is 0 Å². The molecule has 0 unspecified atom stereocenters. The van der Waals surface area contributed by atoms with E-state index in [0.717, 1.165) is 0 Å². The van der Waals surface area contributed by atoms with Gasteiger partial charge in [0.15, 0.2) is 0 Å². The van der Waals surface area contributed by atoms with Crippen LogP contribution in [0.3, 0.4) is 0 Å². The molecule has 0 saturated heterocycles. The summed E-state index contributed by atoms with van der Waals surface area (Å²) in [5.41, 5.74) is 0. The van der Waals surface area contributed by atoms with Crippen molar-refractivity contribution in [1.29, 1.82) is 0 Å². The van der Waals surface area contributed by atoms with Crippen LogP contribution in [0.5, 0.6) is 0 Å². The standard InChI is InChI=1S/C6H4Br2Se2/c7-9-5-1-2-6(10-8)4-3-5/h1-4H. The fraction of sp³-hybridized carbons (Fsp3) is 0. The molecule has 0 aliphatic carbocycles. The molecular weight excluding hydrogens is 390 g/mol. The summed E-state index contributed by atoms with van der Waals surface area (Å²) in [7, 11) is 0. The van der Waals surface area contributed by atoms with Gasteiger partial charge in [-0.1, -0.05) is 0 Å². The van der Waals surface area contributed by atoms with Crippen molar-refractivity contribution in [1.82, 2.24) is 0 Å². The van der Waals surface area contributed by atoms with E-state index in [1.54, 1.807) is 0 Å². The molecule has 1 rings (SSSR count). The minimum atomic E-state index is 0.463. The van der Waals surface area contributed by atoms with Crippen molar-refractivity contribution in [3.8, 4) is 0 Å². The topological polar surface area (TPSA) is 0 Å². The van der Waals surface area contributed by atoms with Gasteiger partial charge in [-0.3, -0.25) is 0 Å². The number of rotatable bonds is 2. The molecule has 0 aliphatic rings. The summed E-state index contributed by atoms with van der Waals surface area (Å²) in [4.78, 5) is 0. The van der Waals surface area contributed by atoms with E-state index in [1.165, 1.54) is 8.92 Å². The van der Waals surface area contributed by atoms with Crippen molar-refractivity contribution >= 4 is 63.4 Å². The number of halogens is 2. The molecule has 4 heteroatoms. The van der Waals surface area contributed by atoms with E-state index in [4.69, 9.17) is 0 Å². The normalized spacial score (nSPS) is 9.80. The number of benzene rings is 1. The molecule has 0 saturated carbocycles. The van der Waals surface area contributed by atoms with Crippen LogP contribution in [0, 0.1) is 0 Å². The first-order chi connectivity index (χ1) is 4.86. The van der Waals surface area contributed by atoms with E-state index in [0.29, 0.717) is 26.3 Å².